The minimum atomic E-state index is -0.916. The molecule has 2 N–H and O–H groups in total. The molecule has 1 aromatic rings. The standard InChI is InChI=1S/C17H25N3O3/c1-13(2)19-9-11-20(12-10-19)15-5-3-14(4-6-15)17(23)18-8-7-16(21)22/h3-6,13H,7-12H2,1-2H3,(H,18,23)(H,21,22). The number of hydrogen-bond donors (Lipinski definition) is 2. The second kappa shape index (κ2) is 7.97. The van der Waals surface area contributed by atoms with Crippen molar-refractivity contribution in [3.05, 3.63) is 29.8 Å². The van der Waals surface area contributed by atoms with Gasteiger partial charge in [-0.3, -0.25) is 14.5 Å². The molecule has 1 aliphatic rings. The van der Waals surface area contributed by atoms with Crippen molar-refractivity contribution < 1.29 is 14.7 Å². The number of nitrogens with zero attached hydrogens (tertiary/aromatic N) is 2. The number of carbonyl (C=O) groups excluding carboxylic acids is 1. The molecule has 0 bridgehead atoms. The highest BCUT2D eigenvalue weighted by Crippen LogP contribution is 2.18. The van der Waals surface area contributed by atoms with Gasteiger partial charge < -0.3 is 15.3 Å². The number of carbonyl (C=O) groups is 2. The van der Waals surface area contributed by atoms with Crippen molar-refractivity contribution in [3.8, 4) is 0 Å². The fraction of sp³-hybridized carbons (Fsp3) is 0.529. The van der Waals surface area contributed by atoms with Gasteiger partial charge in [-0.05, 0) is 38.1 Å². The molecule has 1 aromatic carbocycles. The van der Waals surface area contributed by atoms with E-state index in [4.69, 9.17) is 5.11 Å². The SMILES string of the molecule is CC(C)N1CCN(c2ccc(C(=O)NCCC(=O)O)cc2)CC1. The Morgan fingerprint density at radius 2 is 1.74 bits per heavy atom. The van der Waals surface area contributed by atoms with E-state index in [1.807, 2.05) is 12.1 Å². The zero-order valence-electron chi connectivity index (χ0n) is 13.8. The van der Waals surface area contributed by atoms with Crippen LogP contribution < -0.4 is 10.2 Å². The Balaban J connectivity index is 1.87. The van der Waals surface area contributed by atoms with E-state index < -0.39 is 5.97 Å². The van der Waals surface area contributed by atoms with Crippen molar-refractivity contribution in [2.45, 2.75) is 26.3 Å². The first-order valence-corrected chi connectivity index (χ1v) is 8.06. The Morgan fingerprint density at radius 1 is 1.13 bits per heavy atom. The summed E-state index contributed by atoms with van der Waals surface area (Å²) in [6.45, 7) is 8.66. The third-order valence-electron chi connectivity index (χ3n) is 4.16. The Morgan fingerprint density at radius 3 is 2.26 bits per heavy atom. The van der Waals surface area contributed by atoms with Gasteiger partial charge in [0.25, 0.3) is 5.91 Å². The van der Waals surface area contributed by atoms with Crippen molar-refractivity contribution in [2.75, 3.05) is 37.6 Å². The number of carboxylic acid groups (broad SMARTS) is 1. The molecule has 0 atom stereocenters. The Kier molecular flexibility index (Phi) is 5.98. The zero-order chi connectivity index (χ0) is 16.8. The van der Waals surface area contributed by atoms with Crippen LogP contribution in [0.25, 0.3) is 0 Å². The van der Waals surface area contributed by atoms with Crippen molar-refractivity contribution in [1.29, 1.82) is 0 Å². The smallest absolute Gasteiger partial charge is 0.305 e. The monoisotopic (exact) mass is 319 g/mol. The van der Waals surface area contributed by atoms with E-state index in [-0.39, 0.29) is 18.9 Å². The van der Waals surface area contributed by atoms with Crippen molar-refractivity contribution in [3.63, 3.8) is 0 Å². The van der Waals surface area contributed by atoms with Gasteiger partial charge in [0.2, 0.25) is 0 Å². The molecule has 0 aromatic heterocycles. The summed E-state index contributed by atoms with van der Waals surface area (Å²) in [7, 11) is 0. The molecule has 0 radical (unpaired) electrons. The Labute approximate surface area is 137 Å². The minimum Gasteiger partial charge on any atom is -0.481 e. The molecule has 0 aliphatic carbocycles. The van der Waals surface area contributed by atoms with E-state index in [0.717, 1.165) is 31.9 Å². The third kappa shape index (κ3) is 4.96. The normalized spacial score (nSPS) is 15.7. The van der Waals surface area contributed by atoms with Gasteiger partial charge in [-0.1, -0.05) is 0 Å². The first-order valence-electron chi connectivity index (χ1n) is 8.06. The lowest BCUT2D eigenvalue weighted by molar-refractivity contribution is -0.136. The van der Waals surface area contributed by atoms with Crippen molar-refractivity contribution in [2.24, 2.45) is 0 Å². The summed E-state index contributed by atoms with van der Waals surface area (Å²) >= 11 is 0. The van der Waals surface area contributed by atoms with Crippen LogP contribution >= 0.6 is 0 Å². The van der Waals surface area contributed by atoms with Crippen molar-refractivity contribution in [1.82, 2.24) is 10.2 Å². The highest BCUT2D eigenvalue weighted by Gasteiger charge is 2.19. The first kappa shape index (κ1) is 17.3. The van der Waals surface area contributed by atoms with Crippen LogP contribution in [0.4, 0.5) is 5.69 Å². The summed E-state index contributed by atoms with van der Waals surface area (Å²) in [5, 5.41) is 11.2. The maximum absolute atomic E-state index is 11.9. The predicted octanol–water partition coefficient (Wildman–Crippen LogP) is 1.42. The van der Waals surface area contributed by atoms with Gasteiger partial charge in [0.15, 0.2) is 0 Å². The Bertz CT molecular complexity index is 535. The van der Waals surface area contributed by atoms with Gasteiger partial charge in [-0.2, -0.15) is 0 Å². The fourth-order valence-electron chi connectivity index (χ4n) is 2.71. The molecule has 126 valence electrons. The van der Waals surface area contributed by atoms with Crippen LogP contribution in [0.3, 0.4) is 0 Å². The topological polar surface area (TPSA) is 72.9 Å². The molecule has 1 aliphatic heterocycles. The van der Waals surface area contributed by atoms with Gasteiger partial charge in [0.1, 0.15) is 0 Å². The van der Waals surface area contributed by atoms with Crippen LogP contribution in [0.15, 0.2) is 24.3 Å². The lowest BCUT2D eigenvalue weighted by Crippen LogP contribution is -2.48. The maximum atomic E-state index is 11.9. The van der Waals surface area contributed by atoms with Crippen LogP contribution in [0.2, 0.25) is 0 Å². The molecule has 6 heteroatoms. The zero-order valence-corrected chi connectivity index (χ0v) is 13.8. The van der Waals surface area contributed by atoms with E-state index in [9.17, 15) is 9.59 Å². The van der Waals surface area contributed by atoms with E-state index >= 15 is 0 Å². The molecule has 0 saturated carbocycles. The number of anilines is 1. The molecule has 6 nitrogen and oxygen atoms in total. The molecule has 2 rings (SSSR count). The molecule has 23 heavy (non-hydrogen) atoms. The van der Waals surface area contributed by atoms with Crippen molar-refractivity contribution >= 4 is 17.6 Å². The van der Waals surface area contributed by atoms with Crippen LogP contribution in [-0.4, -0.2) is 60.6 Å². The third-order valence-corrected chi connectivity index (χ3v) is 4.16. The second-order valence-corrected chi connectivity index (χ2v) is 6.06. The van der Waals surface area contributed by atoms with Gasteiger partial charge in [0, 0.05) is 50.0 Å². The predicted molar refractivity (Wildman–Crippen MR) is 90.0 cm³/mol. The van der Waals surface area contributed by atoms with E-state index in [1.54, 1.807) is 12.1 Å². The minimum absolute atomic E-state index is 0.0655. The highest BCUT2D eigenvalue weighted by molar-refractivity contribution is 5.94. The molecular weight excluding hydrogens is 294 g/mol. The molecule has 0 spiro atoms. The lowest BCUT2D eigenvalue weighted by atomic mass is 10.1. The fourth-order valence-corrected chi connectivity index (χ4v) is 2.71. The average Bonchev–Trinajstić information content (AvgIpc) is 2.54. The summed E-state index contributed by atoms with van der Waals surface area (Å²) in [6.07, 6.45) is -0.0655. The van der Waals surface area contributed by atoms with Gasteiger partial charge >= 0.3 is 5.97 Å². The highest BCUT2D eigenvalue weighted by atomic mass is 16.4. The number of rotatable bonds is 6. The second-order valence-electron chi connectivity index (χ2n) is 6.06. The van der Waals surface area contributed by atoms with E-state index in [1.165, 1.54) is 0 Å². The van der Waals surface area contributed by atoms with Crippen LogP contribution in [0, 0.1) is 0 Å². The number of hydrogen-bond acceptors (Lipinski definition) is 4. The summed E-state index contributed by atoms with van der Waals surface area (Å²) in [5.41, 5.74) is 1.68. The number of carboxylic acids is 1. The number of nitrogens with one attached hydrogen (secondary N) is 1. The molecule has 1 heterocycles. The Hall–Kier alpha value is -2.08. The lowest BCUT2D eigenvalue weighted by Gasteiger charge is -2.38. The molecule has 1 amide bonds. The largest absolute Gasteiger partial charge is 0.481 e. The first-order chi connectivity index (χ1) is 11.0. The molecule has 0 unspecified atom stereocenters. The van der Waals surface area contributed by atoms with Crippen LogP contribution in [-0.2, 0) is 4.79 Å². The van der Waals surface area contributed by atoms with Gasteiger partial charge in [-0.25, -0.2) is 0 Å². The summed E-state index contributed by atoms with van der Waals surface area (Å²) in [6, 6.07) is 8.07. The van der Waals surface area contributed by atoms with Crippen LogP contribution in [0.1, 0.15) is 30.6 Å². The molecule has 1 saturated heterocycles. The van der Waals surface area contributed by atoms with Gasteiger partial charge in [-0.15, -0.1) is 0 Å². The quantitative estimate of drug-likeness (QED) is 0.830. The van der Waals surface area contributed by atoms with E-state index in [2.05, 4.69) is 29.0 Å². The summed E-state index contributed by atoms with van der Waals surface area (Å²) in [5.74, 6) is -1.15. The van der Waals surface area contributed by atoms with E-state index in [0.29, 0.717) is 11.6 Å². The summed E-state index contributed by atoms with van der Waals surface area (Å²) < 4.78 is 0. The molecular formula is C17H25N3O3. The number of aliphatic carboxylic acids is 1. The molecule has 1 fully saturated rings. The number of amides is 1. The summed E-state index contributed by atoms with van der Waals surface area (Å²) in [4.78, 5) is 27.1. The van der Waals surface area contributed by atoms with Crippen LogP contribution in [0.5, 0.6) is 0 Å². The van der Waals surface area contributed by atoms with Gasteiger partial charge in [0.05, 0.1) is 6.42 Å². The number of piperazine rings is 1. The average molecular weight is 319 g/mol. The maximum Gasteiger partial charge on any atom is 0.305 e. The number of benzene rings is 1.